The molecule has 244 valence electrons. The van der Waals surface area contributed by atoms with Crippen LogP contribution in [0.4, 0.5) is 11.4 Å². The summed E-state index contributed by atoms with van der Waals surface area (Å²) in [4.78, 5) is 19.1. The largest absolute Gasteiger partial charge is 0.491 e. The van der Waals surface area contributed by atoms with E-state index in [2.05, 4.69) is 56.3 Å². The first-order valence-corrected chi connectivity index (χ1v) is 16.2. The Morgan fingerprint density at radius 2 is 1.47 bits per heavy atom. The van der Waals surface area contributed by atoms with E-state index in [-0.39, 0.29) is 17.8 Å². The molecule has 12 heteroatoms. The van der Waals surface area contributed by atoms with E-state index in [1.807, 2.05) is 61.5 Å². The van der Waals surface area contributed by atoms with E-state index in [0.29, 0.717) is 19.8 Å². The maximum absolute atomic E-state index is 12.8. The molecule has 3 aromatic carbocycles. The highest BCUT2D eigenvalue weighted by Crippen LogP contribution is 2.36. The molecule has 0 aliphatic carbocycles. The van der Waals surface area contributed by atoms with E-state index >= 15 is 0 Å². The number of hydrogen-bond acceptors (Lipinski definition) is 9. The maximum Gasteiger partial charge on any atom is 0.350 e. The fourth-order valence-corrected chi connectivity index (χ4v) is 6.13. The van der Waals surface area contributed by atoms with Crippen molar-refractivity contribution < 1.29 is 14.2 Å². The Hall–Kier alpha value is -4.94. The summed E-state index contributed by atoms with van der Waals surface area (Å²) in [6, 6.07) is 26.4. The Labute approximate surface area is 273 Å². The van der Waals surface area contributed by atoms with Gasteiger partial charge in [-0.2, -0.15) is 20.1 Å². The van der Waals surface area contributed by atoms with Gasteiger partial charge in [0.25, 0.3) is 0 Å². The first-order valence-electron chi connectivity index (χ1n) is 16.2. The van der Waals surface area contributed by atoms with Gasteiger partial charge in [-0.3, -0.25) is 0 Å². The molecule has 0 saturated carbocycles. The van der Waals surface area contributed by atoms with Crippen molar-refractivity contribution in [2.45, 2.75) is 44.7 Å². The normalized spacial score (nSPS) is 20.4. The molecule has 2 aliphatic rings. The van der Waals surface area contributed by atoms with E-state index in [4.69, 9.17) is 14.2 Å². The van der Waals surface area contributed by atoms with Gasteiger partial charge in [0.15, 0.2) is 0 Å². The monoisotopic (exact) mass is 636 g/mol. The molecule has 4 heterocycles. The van der Waals surface area contributed by atoms with Gasteiger partial charge in [-0.05, 0) is 61.9 Å². The number of piperazine rings is 1. The average Bonchev–Trinajstić information content (AvgIpc) is 3.89. The van der Waals surface area contributed by atoms with Crippen LogP contribution in [0.25, 0.3) is 5.69 Å². The lowest BCUT2D eigenvalue weighted by Crippen LogP contribution is -2.46. The molecule has 2 aromatic heterocycles. The van der Waals surface area contributed by atoms with Gasteiger partial charge >= 0.3 is 5.69 Å². The Kier molecular flexibility index (Phi) is 8.77. The zero-order valence-corrected chi connectivity index (χ0v) is 26.8. The van der Waals surface area contributed by atoms with Crippen LogP contribution in [0.5, 0.6) is 5.75 Å². The third-order valence-electron chi connectivity index (χ3n) is 9.00. The standard InChI is InChI=1S/C35H40N8O4/c1-3-27(2)43-34(44)41(26-38-43)31-11-9-29(10-12-31)39-19-21-40(22-20-39)30-13-15-32(16-14-30)45-23-33-24-46-35(47-33,25-42-36-17-18-37-42)28-7-5-4-6-8-28/h4-18,26-27,33H,3,19-25H2,1-2H3. The highest BCUT2D eigenvalue weighted by atomic mass is 16.8. The third-order valence-corrected chi connectivity index (χ3v) is 9.00. The lowest BCUT2D eigenvalue weighted by atomic mass is 10.1. The molecule has 0 N–H and O–H groups in total. The molecule has 7 rings (SSSR count). The number of hydrogen-bond donors (Lipinski definition) is 0. The fourth-order valence-electron chi connectivity index (χ4n) is 6.13. The second-order valence-corrected chi connectivity index (χ2v) is 12.0. The van der Waals surface area contributed by atoms with E-state index in [0.717, 1.165) is 55.3 Å². The van der Waals surface area contributed by atoms with Gasteiger partial charge in [0.1, 0.15) is 31.3 Å². The Balaban J connectivity index is 0.913. The fraction of sp³-hybridized carbons (Fsp3) is 0.371. The van der Waals surface area contributed by atoms with Gasteiger partial charge in [0.05, 0.1) is 30.7 Å². The van der Waals surface area contributed by atoms with Crippen molar-refractivity contribution in [1.29, 1.82) is 0 Å². The summed E-state index contributed by atoms with van der Waals surface area (Å²) >= 11 is 0. The minimum Gasteiger partial charge on any atom is -0.491 e. The molecule has 0 radical (unpaired) electrons. The van der Waals surface area contributed by atoms with Gasteiger partial charge in [-0.15, -0.1) is 0 Å². The summed E-state index contributed by atoms with van der Waals surface area (Å²) in [5, 5.41) is 12.8. The van der Waals surface area contributed by atoms with Crippen LogP contribution in [-0.4, -0.2) is 74.8 Å². The predicted molar refractivity (Wildman–Crippen MR) is 178 cm³/mol. The first kappa shape index (κ1) is 30.7. The Bertz CT molecular complexity index is 1780. The molecule has 3 unspecified atom stereocenters. The van der Waals surface area contributed by atoms with Crippen LogP contribution in [0.15, 0.2) is 102 Å². The summed E-state index contributed by atoms with van der Waals surface area (Å²) in [5.41, 5.74) is 3.95. The number of benzene rings is 3. The number of nitrogens with zero attached hydrogens (tertiary/aromatic N) is 8. The number of anilines is 2. The van der Waals surface area contributed by atoms with Crippen molar-refractivity contribution in [3.05, 3.63) is 114 Å². The van der Waals surface area contributed by atoms with Crippen LogP contribution in [-0.2, 0) is 21.8 Å². The molecule has 5 aromatic rings. The minimum atomic E-state index is -0.973. The molecule has 47 heavy (non-hydrogen) atoms. The predicted octanol–water partition coefficient (Wildman–Crippen LogP) is 4.27. The number of aromatic nitrogens is 6. The average molecular weight is 637 g/mol. The van der Waals surface area contributed by atoms with Crippen molar-refractivity contribution in [2.75, 3.05) is 49.2 Å². The van der Waals surface area contributed by atoms with Crippen molar-refractivity contribution in [3.63, 3.8) is 0 Å². The molecule has 2 saturated heterocycles. The minimum absolute atomic E-state index is 0.0721. The second-order valence-electron chi connectivity index (χ2n) is 12.0. The SMILES string of the molecule is CCC(C)n1ncn(-c2ccc(N3CCN(c4ccc(OCC5COC(Cn6nccn6)(c6ccccc6)O5)cc4)CC3)cc2)c1=O. The van der Waals surface area contributed by atoms with E-state index < -0.39 is 5.79 Å². The van der Waals surface area contributed by atoms with E-state index in [1.54, 1.807) is 32.8 Å². The second kappa shape index (κ2) is 13.4. The summed E-state index contributed by atoms with van der Waals surface area (Å²) in [6.45, 7) is 8.79. The van der Waals surface area contributed by atoms with Crippen molar-refractivity contribution in [3.8, 4) is 11.4 Å². The van der Waals surface area contributed by atoms with E-state index in [9.17, 15) is 4.79 Å². The Morgan fingerprint density at radius 1 is 0.851 bits per heavy atom. The molecule has 2 aliphatic heterocycles. The smallest absolute Gasteiger partial charge is 0.350 e. The van der Waals surface area contributed by atoms with Crippen molar-refractivity contribution in [1.82, 2.24) is 29.3 Å². The topological polar surface area (TPSA) is 105 Å². The molecule has 0 spiro atoms. The highest BCUT2D eigenvalue weighted by molar-refractivity contribution is 5.54. The number of ether oxygens (including phenoxy) is 3. The zero-order valence-electron chi connectivity index (χ0n) is 26.8. The van der Waals surface area contributed by atoms with Crippen LogP contribution in [0.1, 0.15) is 31.9 Å². The van der Waals surface area contributed by atoms with Crippen molar-refractivity contribution in [2.24, 2.45) is 0 Å². The molecule has 0 bridgehead atoms. The van der Waals surface area contributed by atoms with E-state index in [1.165, 1.54) is 5.69 Å². The number of rotatable bonds is 11. The Morgan fingerprint density at radius 3 is 2.11 bits per heavy atom. The zero-order chi connectivity index (χ0) is 32.2. The summed E-state index contributed by atoms with van der Waals surface area (Å²) in [6.07, 6.45) is 5.51. The molecule has 3 atom stereocenters. The highest BCUT2D eigenvalue weighted by Gasteiger charge is 2.44. The van der Waals surface area contributed by atoms with Gasteiger partial charge in [0.2, 0.25) is 5.79 Å². The van der Waals surface area contributed by atoms with Gasteiger partial charge in [-0.1, -0.05) is 37.3 Å². The summed E-state index contributed by atoms with van der Waals surface area (Å²) in [7, 11) is 0. The van der Waals surface area contributed by atoms with Crippen LogP contribution in [0.3, 0.4) is 0 Å². The van der Waals surface area contributed by atoms with Crippen LogP contribution < -0.4 is 20.2 Å². The van der Waals surface area contributed by atoms with Crippen molar-refractivity contribution >= 4 is 11.4 Å². The van der Waals surface area contributed by atoms with Gasteiger partial charge in [0, 0.05) is 43.1 Å². The molecule has 2 fully saturated rings. The summed E-state index contributed by atoms with van der Waals surface area (Å²) < 4.78 is 22.0. The molecular formula is C35H40N8O4. The quantitative estimate of drug-likeness (QED) is 0.210. The van der Waals surface area contributed by atoms with Gasteiger partial charge in [-0.25, -0.2) is 14.0 Å². The lowest BCUT2D eigenvalue weighted by molar-refractivity contribution is -0.192. The molecule has 12 nitrogen and oxygen atoms in total. The lowest BCUT2D eigenvalue weighted by Gasteiger charge is -2.37. The molecular weight excluding hydrogens is 596 g/mol. The van der Waals surface area contributed by atoms with Crippen LogP contribution in [0.2, 0.25) is 0 Å². The van der Waals surface area contributed by atoms with Gasteiger partial charge < -0.3 is 24.0 Å². The van der Waals surface area contributed by atoms with Crippen LogP contribution in [0, 0.1) is 0 Å². The third kappa shape index (κ3) is 6.51. The summed E-state index contributed by atoms with van der Waals surface area (Å²) in [5.74, 6) is -0.185. The maximum atomic E-state index is 12.8. The molecule has 0 amide bonds. The van der Waals surface area contributed by atoms with Crippen LogP contribution >= 0.6 is 0 Å². The first-order chi connectivity index (χ1) is 23.0.